The number of pyridine rings is 1. The van der Waals surface area contributed by atoms with Crippen LogP contribution in [0.2, 0.25) is 13.1 Å². The van der Waals surface area contributed by atoms with Crippen molar-refractivity contribution in [2.75, 3.05) is 0 Å². The molecule has 1 radical (unpaired) electrons. The Morgan fingerprint density at radius 2 is 1.77 bits per heavy atom. The van der Waals surface area contributed by atoms with E-state index in [1.165, 1.54) is 5.19 Å². The average molecular weight is 302 g/mol. The predicted molar refractivity (Wildman–Crippen MR) is 94.1 cm³/mol. The number of aromatic nitrogens is 1. The summed E-state index contributed by atoms with van der Waals surface area (Å²) in [5, 5.41) is 3.69. The van der Waals surface area contributed by atoms with Gasteiger partial charge in [0.2, 0.25) is 0 Å². The zero-order chi connectivity index (χ0) is 15.1. The maximum atomic E-state index is 6.08. The van der Waals surface area contributed by atoms with Crippen molar-refractivity contribution in [1.82, 2.24) is 4.98 Å². The second kappa shape index (κ2) is 5.11. The van der Waals surface area contributed by atoms with Crippen LogP contribution in [0.3, 0.4) is 0 Å². The number of fused-ring (bicyclic) bond motifs is 3. The second-order valence-electron chi connectivity index (χ2n) is 5.72. The molecule has 2 nitrogen and oxygen atoms in total. The largest absolute Gasteiger partial charge is 0.454 e. The monoisotopic (exact) mass is 302 g/mol. The Morgan fingerprint density at radius 1 is 0.909 bits per heavy atom. The number of benzene rings is 2. The van der Waals surface area contributed by atoms with Crippen LogP contribution in [0.4, 0.5) is 0 Å². The van der Waals surface area contributed by atoms with E-state index in [2.05, 4.69) is 48.4 Å². The SMILES string of the molecule is C[Si](C)c1cccc(-c2nccc3c2oc2ccccc23)c1. The Labute approximate surface area is 131 Å². The summed E-state index contributed by atoms with van der Waals surface area (Å²) < 4.78 is 6.08. The van der Waals surface area contributed by atoms with Crippen LogP contribution in [-0.4, -0.2) is 13.8 Å². The Morgan fingerprint density at radius 3 is 2.64 bits per heavy atom. The second-order valence-corrected chi connectivity index (χ2v) is 8.29. The molecule has 0 N–H and O–H groups in total. The Bertz CT molecular complexity index is 971. The summed E-state index contributed by atoms with van der Waals surface area (Å²) in [4.78, 5) is 4.59. The van der Waals surface area contributed by atoms with E-state index < -0.39 is 8.80 Å². The molecule has 3 heteroatoms. The highest BCUT2D eigenvalue weighted by atomic mass is 28.3. The summed E-state index contributed by atoms with van der Waals surface area (Å²) in [5.74, 6) is 0. The molecule has 2 aromatic carbocycles. The van der Waals surface area contributed by atoms with Crippen molar-refractivity contribution in [2.45, 2.75) is 13.1 Å². The van der Waals surface area contributed by atoms with E-state index in [1.54, 1.807) is 0 Å². The van der Waals surface area contributed by atoms with Gasteiger partial charge in [-0.15, -0.1) is 0 Å². The van der Waals surface area contributed by atoms with Crippen LogP contribution < -0.4 is 5.19 Å². The Balaban J connectivity index is 2.01. The molecule has 0 amide bonds. The molecule has 0 spiro atoms. The highest BCUT2D eigenvalue weighted by Crippen LogP contribution is 2.33. The molecule has 4 aromatic rings. The van der Waals surface area contributed by atoms with Gasteiger partial charge in [-0.1, -0.05) is 60.7 Å². The molecule has 0 saturated carbocycles. The van der Waals surface area contributed by atoms with Crippen molar-refractivity contribution in [3.63, 3.8) is 0 Å². The van der Waals surface area contributed by atoms with Gasteiger partial charge in [0.15, 0.2) is 5.58 Å². The molecule has 22 heavy (non-hydrogen) atoms. The maximum absolute atomic E-state index is 6.08. The molecule has 0 saturated heterocycles. The lowest BCUT2D eigenvalue weighted by Gasteiger charge is -2.07. The van der Waals surface area contributed by atoms with Gasteiger partial charge in [0.05, 0.1) is 8.80 Å². The summed E-state index contributed by atoms with van der Waals surface area (Å²) in [6, 6.07) is 18.9. The lowest BCUT2D eigenvalue weighted by molar-refractivity contribution is 0.668. The van der Waals surface area contributed by atoms with Crippen LogP contribution in [0.25, 0.3) is 33.2 Å². The van der Waals surface area contributed by atoms with Crippen molar-refractivity contribution in [3.05, 3.63) is 60.8 Å². The third-order valence-corrected chi connectivity index (χ3v) is 5.47. The van der Waals surface area contributed by atoms with E-state index in [0.717, 1.165) is 33.2 Å². The van der Waals surface area contributed by atoms with Gasteiger partial charge < -0.3 is 4.42 Å². The molecule has 0 aliphatic rings. The van der Waals surface area contributed by atoms with Crippen LogP contribution in [0, 0.1) is 0 Å². The molecule has 107 valence electrons. The number of hydrogen-bond donors (Lipinski definition) is 0. The first kappa shape index (κ1) is 13.3. The summed E-state index contributed by atoms with van der Waals surface area (Å²) >= 11 is 0. The van der Waals surface area contributed by atoms with E-state index in [1.807, 2.05) is 30.5 Å². The molecular weight excluding hydrogens is 286 g/mol. The normalized spacial score (nSPS) is 11.6. The van der Waals surface area contributed by atoms with Gasteiger partial charge in [-0.3, -0.25) is 4.98 Å². The number of furan rings is 1. The Kier molecular flexibility index (Phi) is 3.08. The number of hydrogen-bond acceptors (Lipinski definition) is 2. The van der Waals surface area contributed by atoms with E-state index in [-0.39, 0.29) is 0 Å². The maximum Gasteiger partial charge on any atom is 0.161 e. The minimum Gasteiger partial charge on any atom is -0.454 e. The lowest BCUT2D eigenvalue weighted by Crippen LogP contribution is -2.22. The first-order chi connectivity index (χ1) is 10.7. The fourth-order valence-corrected chi connectivity index (χ4v) is 3.71. The fraction of sp³-hybridized carbons (Fsp3) is 0.105. The molecule has 0 aliphatic carbocycles. The molecule has 0 bridgehead atoms. The van der Waals surface area contributed by atoms with Crippen LogP contribution in [0.1, 0.15) is 0 Å². The fourth-order valence-electron chi connectivity index (χ4n) is 2.83. The molecule has 0 unspecified atom stereocenters. The van der Waals surface area contributed by atoms with Crippen molar-refractivity contribution >= 4 is 35.9 Å². The van der Waals surface area contributed by atoms with E-state index in [0.29, 0.717) is 0 Å². The zero-order valence-corrected chi connectivity index (χ0v) is 13.6. The third kappa shape index (κ3) is 2.06. The summed E-state index contributed by atoms with van der Waals surface area (Å²) in [6.45, 7) is 4.61. The van der Waals surface area contributed by atoms with Crippen LogP contribution in [-0.2, 0) is 0 Å². The van der Waals surface area contributed by atoms with E-state index >= 15 is 0 Å². The summed E-state index contributed by atoms with van der Waals surface area (Å²) in [6.07, 6.45) is 1.87. The standard InChI is InChI=1S/C19H16NOSi/c1-22(2)14-7-5-6-13(12-14)18-19-16(10-11-20-18)15-8-3-4-9-17(15)21-19/h3-12H,1-2H3. The average Bonchev–Trinajstić information content (AvgIpc) is 2.93. The van der Waals surface area contributed by atoms with Crippen LogP contribution in [0.5, 0.6) is 0 Å². The summed E-state index contributed by atoms with van der Waals surface area (Å²) in [7, 11) is -0.477. The minimum absolute atomic E-state index is 0.477. The quantitative estimate of drug-likeness (QED) is 0.505. The lowest BCUT2D eigenvalue weighted by atomic mass is 10.1. The van der Waals surface area contributed by atoms with Crippen LogP contribution in [0.15, 0.2) is 65.2 Å². The van der Waals surface area contributed by atoms with Gasteiger partial charge in [0, 0.05) is 22.5 Å². The third-order valence-electron chi connectivity index (χ3n) is 4.01. The molecule has 2 aromatic heterocycles. The molecular formula is C19H16NOSi. The van der Waals surface area contributed by atoms with Crippen molar-refractivity contribution in [2.24, 2.45) is 0 Å². The molecule has 0 atom stereocenters. The van der Waals surface area contributed by atoms with Gasteiger partial charge in [0.25, 0.3) is 0 Å². The molecule has 4 rings (SSSR count). The summed E-state index contributed by atoms with van der Waals surface area (Å²) in [5.41, 5.74) is 3.85. The molecule has 2 heterocycles. The number of para-hydroxylation sites is 1. The van der Waals surface area contributed by atoms with Gasteiger partial charge in [-0.05, 0) is 12.1 Å². The smallest absolute Gasteiger partial charge is 0.161 e. The zero-order valence-electron chi connectivity index (χ0n) is 12.6. The van der Waals surface area contributed by atoms with E-state index in [9.17, 15) is 0 Å². The van der Waals surface area contributed by atoms with Gasteiger partial charge >= 0.3 is 0 Å². The number of rotatable bonds is 2. The van der Waals surface area contributed by atoms with Crippen molar-refractivity contribution in [1.29, 1.82) is 0 Å². The minimum atomic E-state index is -0.477. The molecule has 0 fully saturated rings. The first-order valence-electron chi connectivity index (χ1n) is 7.41. The highest BCUT2D eigenvalue weighted by molar-refractivity contribution is 6.70. The topological polar surface area (TPSA) is 26.0 Å². The van der Waals surface area contributed by atoms with Gasteiger partial charge in [-0.2, -0.15) is 0 Å². The first-order valence-corrected chi connectivity index (χ1v) is 9.91. The van der Waals surface area contributed by atoms with Crippen molar-refractivity contribution < 1.29 is 4.42 Å². The highest BCUT2D eigenvalue weighted by Gasteiger charge is 2.13. The van der Waals surface area contributed by atoms with Gasteiger partial charge in [0.1, 0.15) is 11.3 Å². The van der Waals surface area contributed by atoms with Gasteiger partial charge in [-0.25, -0.2) is 0 Å². The van der Waals surface area contributed by atoms with Crippen molar-refractivity contribution in [3.8, 4) is 11.3 Å². The van der Waals surface area contributed by atoms with E-state index in [4.69, 9.17) is 4.42 Å². The Hall–Kier alpha value is -2.39. The number of nitrogens with zero attached hydrogens (tertiary/aromatic N) is 1. The van der Waals surface area contributed by atoms with Crippen LogP contribution >= 0.6 is 0 Å². The molecule has 0 aliphatic heterocycles. The predicted octanol–water partition coefficient (Wildman–Crippen LogP) is 4.61.